The van der Waals surface area contributed by atoms with Crippen LogP contribution < -0.4 is 16.4 Å². The van der Waals surface area contributed by atoms with Crippen molar-refractivity contribution in [1.82, 2.24) is 24.9 Å². The Balaban J connectivity index is 0.000000170. The number of para-hydroxylation sites is 2. The molecule has 13 heteroatoms. The maximum Gasteiger partial charge on any atom is 2.00 e. The van der Waals surface area contributed by atoms with Crippen LogP contribution >= 0.6 is 0 Å². The maximum atomic E-state index is 12.5. The number of nitrogens with zero attached hydrogens (tertiary/aromatic N) is 5. The van der Waals surface area contributed by atoms with Gasteiger partial charge in [0.15, 0.2) is 5.72 Å². The Morgan fingerprint density at radius 3 is 1.26 bits per heavy atom. The molecule has 69 heavy (non-hydrogen) atoms. The third-order valence-corrected chi connectivity index (χ3v) is 12.9. The van der Waals surface area contributed by atoms with Crippen LogP contribution in [0.15, 0.2) is 136 Å². The van der Waals surface area contributed by atoms with E-state index in [1.807, 2.05) is 48.5 Å². The minimum absolute atomic E-state index is 0. The molecule has 0 radical (unpaired) electrons. The van der Waals surface area contributed by atoms with Gasteiger partial charge in [0.05, 0.1) is 11.4 Å². The van der Waals surface area contributed by atoms with Crippen LogP contribution in [0.1, 0.15) is 154 Å². The Bertz CT molecular complexity index is 2620. The second-order valence-corrected chi connectivity index (χ2v) is 19.8. The normalized spacial score (nSPS) is 18.1. The van der Waals surface area contributed by atoms with E-state index in [0.29, 0.717) is 33.9 Å². The van der Waals surface area contributed by atoms with Gasteiger partial charge in [-0.05, 0) is 114 Å². The molecule has 366 valence electrons. The molecular weight excluding hydrogens is 911 g/mol. The fourth-order valence-electron chi connectivity index (χ4n) is 10.3. The molecule has 12 nitrogen and oxygen atoms in total. The van der Waals surface area contributed by atoms with Crippen molar-refractivity contribution in [2.24, 2.45) is 4.99 Å². The Hall–Kier alpha value is -5.88. The van der Waals surface area contributed by atoms with Gasteiger partial charge in [-0.1, -0.05) is 118 Å². The first-order chi connectivity index (χ1) is 32.5. The largest absolute Gasteiger partial charge is 2.00 e. The van der Waals surface area contributed by atoms with E-state index in [2.05, 4.69) is 43.2 Å². The third-order valence-electron chi connectivity index (χ3n) is 12.9. The maximum absolute atomic E-state index is 12.5. The summed E-state index contributed by atoms with van der Waals surface area (Å²) in [5.41, 5.74) is 1.39. The number of carbonyl (C=O) groups is 2. The molecule has 4 aromatic carbocycles. The molecule has 0 bridgehead atoms. The first kappa shape index (κ1) is 52.5. The minimum Gasteiger partial charge on any atom is -0.494 e. The fourth-order valence-corrected chi connectivity index (χ4v) is 10.3. The summed E-state index contributed by atoms with van der Waals surface area (Å²) in [4.78, 5) is 54.8. The monoisotopic (exact) mass is 976 g/mol. The number of ketones is 2. The second-order valence-electron chi connectivity index (χ2n) is 19.8. The molecule has 0 atom stereocenters. The van der Waals surface area contributed by atoms with Gasteiger partial charge in [0.2, 0.25) is 17.0 Å². The molecule has 2 fully saturated rings. The molecule has 0 amide bonds. The Morgan fingerprint density at radius 1 is 0.565 bits per heavy atom. The molecule has 2 aromatic heterocycles. The van der Waals surface area contributed by atoms with Crippen molar-refractivity contribution in [1.29, 1.82) is 0 Å². The minimum atomic E-state index is -0.616. The van der Waals surface area contributed by atoms with Gasteiger partial charge >= 0.3 is 16.5 Å². The van der Waals surface area contributed by atoms with Crippen LogP contribution in [0.4, 0.5) is 0 Å². The number of nitrogens with one attached hydrogen (secondary N) is 1. The summed E-state index contributed by atoms with van der Waals surface area (Å²) in [7, 11) is 0. The van der Waals surface area contributed by atoms with Crippen molar-refractivity contribution in [2.45, 2.75) is 147 Å². The van der Waals surface area contributed by atoms with Crippen LogP contribution in [0, 0.1) is 13.8 Å². The average molecular weight is 978 g/mol. The first-order valence-electron chi connectivity index (χ1n) is 24.2. The van der Waals surface area contributed by atoms with Gasteiger partial charge in [-0.2, -0.15) is 10.2 Å². The number of aryl methyl sites for hydroxylation is 2. The SMILES string of the molecule is CC1(C)CC2(CC(C)(C)N1)OC1(CCCCCCCCCCC1)N=C2O.Cc1nn(-c2ccccc2)c(=O)[c-]1C(=O)c1ccccc1.Cc1nn(-c2ccccc2)c(=O)[c-]1C(=O)c1ccccc1.[Ni+2]. The third kappa shape index (κ3) is 12.7. The van der Waals surface area contributed by atoms with E-state index in [-0.39, 0.29) is 67.3 Å². The van der Waals surface area contributed by atoms with E-state index in [1.54, 1.807) is 86.6 Å². The van der Waals surface area contributed by atoms with Crippen molar-refractivity contribution in [3.8, 4) is 11.4 Å². The number of carbonyl (C=O) groups excluding carboxylic acids is 2. The Labute approximate surface area is 415 Å². The summed E-state index contributed by atoms with van der Waals surface area (Å²) >= 11 is 0. The van der Waals surface area contributed by atoms with E-state index in [0.717, 1.165) is 38.5 Å². The quantitative estimate of drug-likeness (QED) is 0.0941. The summed E-state index contributed by atoms with van der Waals surface area (Å²) in [6, 6.07) is 35.7. The van der Waals surface area contributed by atoms with Crippen LogP contribution in [0.5, 0.6) is 0 Å². The topological polar surface area (TPSA) is 158 Å². The summed E-state index contributed by atoms with van der Waals surface area (Å²) in [6.45, 7) is 12.2. The molecule has 0 unspecified atom stereocenters. The van der Waals surface area contributed by atoms with Crippen molar-refractivity contribution < 1.29 is 35.9 Å². The second kappa shape index (κ2) is 22.7. The zero-order chi connectivity index (χ0) is 48.5. The Kier molecular flexibility index (Phi) is 17.3. The van der Waals surface area contributed by atoms with Crippen molar-refractivity contribution in [3.05, 3.63) is 176 Å². The summed E-state index contributed by atoms with van der Waals surface area (Å²) in [5.74, 6) is -0.326. The van der Waals surface area contributed by atoms with Gasteiger partial charge in [-0.15, -0.1) is 35.4 Å². The molecule has 1 saturated carbocycles. The summed E-state index contributed by atoms with van der Waals surface area (Å²) in [5, 5.41) is 23.1. The predicted molar refractivity (Wildman–Crippen MR) is 268 cm³/mol. The van der Waals surface area contributed by atoms with Crippen LogP contribution in [0.2, 0.25) is 0 Å². The molecule has 9 rings (SSSR count). The Morgan fingerprint density at radius 2 is 0.899 bits per heavy atom. The zero-order valence-electron chi connectivity index (χ0n) is 40.8. The van der Waals surface area contributed by atoms with Crippen molar-refractivity contribution in [2.75, 3.05) is 0 Å². The van der Waals surface area contributed by atoms with E-state index < -0.39 is 11.3 Å². The van der Waals surface area contributed by atoms with Gasteiger partial charge in [0.1, 0.15) is 5.60 Å². The molecule has 6 aromatic rings. The summed E-state index contributed by atoms with van der Waals surface area (Å²) < 4.78 is 9.35. The molecule has 2 N–H and O–H groups in total. The molecule has 1 aliphatic carbocycles. The van der Waals surface area contributed by atoms with Crippen LogP contribution in [-0.2, 0) is 21.2 Å². The average Bonchev–Trinajstić information content (AvgIpc) is 3.88. The van der Waals surface area contributed by atoms with Crippen LogP contribution in [0.25, 0.3) is 11.4 Å². The number of piperidine rings is 1. The molecule has 3 aliphatic rings. The standard InChI is InChI=1S/C22H40N2O2.2C17H13N2O2.Ni/c1-19(2)16-21(17-20(3,4)24-19)18(25)23-22(26-21)14-12-10-8-6-5-7-9-11-13-15-22;2*1-12-15(16(20)13-8-4-2-5-9-13)17(21)19(18-12)14-10-6-3-7-11-14;/h24H,5-17H2,1-4H3,(H,23,25);2*2-11H,1H3;/q;2*-1;+2. The van der Waals surface area contributed by atoms with E-state index in [9.17, 15) is 24.3 Å². The number of hydrogen-bond acceptors (Lipinski definition) is 9. The number of aromatic nitrogens is 4. The van der Waals surface area contributed by atoms with Crippen molar-refractivity contribution >= 4 is 17.5 Å². The number of aliphatic hydroxyl groups excluding tert-OH is 1. The number of ether oxygens (including phenoxy) is 1. The number of rotatable bonds is 6. The van der Waals surface area contributed by atoms with Crippen LogP contribution in [0.3, 0.4) is 0 Å². The van der Waals surface area contributed by atoms with Gasteiger partial charge in [-0.3, -0.25) is 9.59 Å². The number of benzene rings is 4. The van der Waals surface area contributed by atoms with Crippen molar-refractivity contribution in [3.63, 3.8) is 0 Å². The molecule has 2 spiro atoms. The van der Waals surface area contributed by atoms with Gasteiger partial charge in [0, 0.05) is 35.5 Å². The zero-order valence-corrected chi connectivity index (χ0v) is 41.8. The number of aliphatic hydroxyl groups is 1. The predicted octanol–water partition coefficient (Wildman–Crippen LogP) is 10.6. The van der Waals surface area contributed by atoms with Crippen LogP contribution in [-0.4, -0.2) is 64.5 Å². The molecule has 1 saturated heterocycles. The van der Waals surface area contributed by atoms with E-state index >= 15 is 0 Å². The first-order valence-corrected chi connectivity index (χ1v) is 24.2. The van der Waals surface area contributed by atoms with Gasteiger partial charge in [-0.25, -0.2) is 14.4 Å². The van der Waals surface area contributed by atoms with E-state index in [4.69, 9.17) is 9.73 Å². The van der Waals surface area contributed by atoms with Gasteiger partial charge < -0.3 is 24.7 Å². The summed E-state index contributed by atoms with van der Waals surface area (Å²) in [6.07, 6.45) is 15.0. The molecular formula is C56H66N6NiO6. The number of hydrogen-bond donors (Lipinski definition) is 2. The molecule has 4 heterocycles. The fraction of sp³-hybridized carbons (Fsp3) is 0.411. The van der Waals surface area contributed by atoms with Gasteiger partial charge in [0.25, 0.3) is 0 Å². The molecule has 2 aliphatic heterocycles. The smallest absolute Gasteiger partial charge is 0.494 e. The number of aliphatic imine (C=N–C) groups is 1. The van der Waals surface area contributed by atoms with E-state index in [1.165, 1.54) is 54.3 Å².